The van der Waals surface area contributed by atoms with Crippen LogP contribution in [0.4, 0.5) is 0 Å². The highest BCUT2D eigenvalue weighted by molar-refractivity contribution is 5.78. The van der Waals surface area contributed by atoms with Gasteiger partial charge in [-0.2, -0.15) is 0 Å². The van der Waals surface area contributed by atoms with E-state index in [4.69, 9.17) is 0 Å². The van der Waals surface area contributed by atoms with Crippen molar-refractivity contribution < 1.29 is 4.79 Å². The summed E-state index contributed by atoms with van der Waals surface area (Å²) >= 11 is 0. The van der Waals surface area contributed by atoms with Gasteiger partial charge in [0.05, 0.1) is 5.92 Å². The molecule has 2 fully saturated rings. The van der Waals surface area contributed by atoms with E-state index in [9.17, 15) is 4.79 Å². The smallest absolute Gasteiger partial charge is 0.224 e. The van der Waals surface area contributed by atoms with Gasteiger partial charge in [-0.3, -0.25) is 4.79 Å². The zero-order valence-corrected chi connectivity index (χ0v) is 11.9. The van der Waals surface area contributed by atoms with Gasteiger partial charge in [-0.05, 0) is 44.4 Å². The molecule has 1 saturated heterocycles. The van der Waals surface area contributed by atoms with E-state index in [0.29, 0.717) is 6.04 Å². The van der Waals surface area contributed by atoms with Gasteiger partial charge < -0.3 is 10.6 Å². The van der Waals surface area contributed by atoms with Crippen molar-refractivity contribution in [3.05, 3.63) is 0 Å². The van der Waals surface area contributed by atoms with Crippen LogP contribution in [-0.2, 0) is 4.79 Å². The molecule has 0 aromatic carbocycles. The van der Waals surface area contributed by atoms with Crippen molar-refractivity contribution in [3.63, 3.8) is 0 Å². The highest BCUT2D eigenvalue weighted by Gasteiger charge is 2.25. The van der Waals surface area contributed by atoms with Crippen molar-refractivity contribution in [2.75, 3.05) is 13.1 Å². The number of piperidine rings is 1. The van der Waals surface area contributed by atoms with Gasteiger partial charge in [0.15, 0.2) is 0 Å². The summed E-state index contributed by atoms with van der Waals surface area (Å²) in [5.41, 5.74) is 0. The van der Waals surface area contributed by atoms with Crippen LogP contribution in [0, 0.1) is 17.8 Å². The first-order valence-electron chi connectivity index (χ1n) is 7.66. The Kier molecular flexibility index (Phi) is 5.04. The first kappa shape index (κ1) is 13.9. The summed E-state index contributed by atoms with van der Waals surface area (Å²) in [6.07, 6.45) is 7.43. The molecule has 0 aromatic rings. The van der Waals surface area contributed by atoms with Crippen molar-refractivity contribution in [1.29, 1.82) is 0 Å². The summed E-state index contributed by atoms with van der Waals surface area (Å²) < 4.78 is 0. The fourth-order valence-electron chi connectivity index (χ4n) is 3.15. The SMILES string of the molecule is CC1CCC(CNC(=O)C2CCC(C)NC2)CC1. The lowest BCUT2D eigenvalue weighted by molar-refractivity contribution is -0.125. The quantitative estimate of drug-likeness (QED) is 0.809. The number of rotatable bonds is 3. The average Bonchev–Trinajstić information content (AvgIpc) is 2.38. The molecule has 3 heteroatoms. The van der Waals surface area contributed by atoms with E-state index in [1.54, 1.807) is 0 Å². The Bertz CT molecular complexity index is 264. The minimum absolute atomic E-state index is 0.198. The molecule has 1 aliphatic heterocycles. The Morgan fingerprint density at radius 3 is 2.44 bits per heavy atom. The predicted octanol–water partition coefficient (Wildman–Crippen LogP) is 2.32. The van der Waals surface area contributed by atoms with Crippen molar-refractivity contribution in [3.8, 4) is 0 Å². The Morgan fingerprint density at radius 2 is 1.83 bits per heavy atom. The lowest BCUT2D eigenvalue weighted by Crippen LogP contribution is -2.45. The fraction of sp³-hybridized carbons (Fsp3) is 0.933. The lowest BCUT2D eigenvalue weighted by atomic mass is 9.83. The van der Waals surface area contributed by atoms with Crippen molar-refractivity contribution in [1.82, 2.24) is 10.6 Å². The molecule has 104 valence electrons. The second-order valence-corrected chi connectivity index (χ2v) is 6.45. The largest absolute Gasteiger partial charge is 0.356 e. The third-order valence-corrected chi connectivity index (χ3v) is 4.73. The van der Waals surface area contributed by atoms with E-state index in [2.05, 4.69) is 24.5 Å². The van der Waals surface area contributed by atoms with Gasteiger partial charge in [0.25, 0.3) is 0 Å². The number of hydrogen-bond donors (Lipinski definition) is 2. The minimum Gasteiger partial charge on any atom is -0.356 e. The monoisotopic (exact) mass is 252 g/mol. The molecule has 18 heavy (non-hydrogen) atoms. The van der Waals surface area contributed by atoms with Crippen molar-refractivity contribution >= 4 is 5.91 Å². The Morgan fingerprint density at radius 1 is 1.11 bits per heavy atom. The number of hydrogen-bond acceptors (Lipinski definition) is 2. The second kappa shape index (κ2) is 6.55. The molecule has 0 bridgehead atoms. The van der Waals surface area contributed by atoms with Crippen LogP contribution in [0.15, 0.2) is 0 Å². The predicted molar refractivity (Wildman–Crippen MR) is 74.3 cm³/mol. The fourth-order valence-corrected chi connectivity index (χ4v) is 3.15. The molecule has 1 amide bonds. The summed E-state index contributed by atoms with van der Waals surface area (Å²) in [5.74, 6) is 2.08. The van der Waals surface area contributed by atoms with Gasteiger partial charge in [-0.15, -0.1) is 0 Å². The molecule has 2 N–H and O–H groups in total. The Hall–Kier alpha value is -0.570. The Labute approximate surface area is 111 Å². The molecule has 1 aliphatic carbocycles. The first-order chi connectivity index (χ1) is 8.65. The molecule has 0 spiro atoms. The van der Waals surface area contributed by atoms with Crippen LogP contribution >= 0.6 is 0 Å². The third kappa shape index (κ3) is 3.98. The summed E-state index contributed by atoms with van der Waals surface area (Å²) in [6.45, 7) is 6.29. The van der Waals surface area contributed by atoms with Gasteiger partial charge in [0.1, 0.15) is 0 Å². The highest BCUT2D eigenvalue weighted by atomic mass is 16.1. The number of amides is 1. The minimum atomic E-state index is 0.198. The van der Waals surface area contributed by atoms with Crippen LogP contribution in [0.5, 0.6) is 0 Å². The maximum atomic E-state index is 12.1. The van der Waals surface area contributed by atoms with E-state index >= 15 is 0 Å². The zero-order chi connectivity index (χ0) is 13.0. The molecule has 2 rings (SSSR count). The molecule has 0 aromatic heterocycles. The number of carbonyl (C=O) groups excluding carboxylic acids is 1. The van der Waals surface area contributed by atoms with Gasteiger partial charge in [0.2, 0.25) is 5.91 Å². The van der Waals surface area contributed by atoms with Crippen molar-refractivity contribution in [2.45, 2.75) is 58.4 Å². The van der Waals surface area contributed by atoms with Crippen LogP contribution in [0.1, 0.15) is 52.4 Å². The van der Waals surface area contributed by atoms with E-state index in [0.717, 1.165) is 37.8 Å². The van der Waals surface area contributed by atoms with Crippen molar-refractivity contribution in [2.24, 2.45) is 17.8 Å². The van der Waals surface area contributed by atoms with Gasteiger partial charge >= 0.3 is 0 Å². The molecular weight excluding hydrogens is 224 g/mol. The average molecular weight is 252 g/mol. The van der Waals surface area contributed by atoms with Gasteiger partial charge in [-0.1, -0.05) is 19.8 Å². The van der Waals surface area contributed by atoms with Gasteiger partial charge in [-0.25, -0.2) is 0 Å². The normalized spacial score (nSPS) is 37.2. The maximum Gasteiger partial charge on any atom is 0.224 e. The topological polar surface area (TPSA) is 41.1 Å². The molecule has 1 saturated carbocycles. The van der Waals surface area contributed by atoms with E-state index in [1.807, 2.05) is 0 Å². The molecular formula is C15H28N2O. The summed E-state index contributed by atoms with van der Waals surface area (Å²) in [5, 5.41) is 6.57. The van der Waals surface area contributed by atoms with E-state index < -0.39 is 0 Å². The highest BCUT2D eigenvalue weighted by Crippen LogP contribution is 2.27. The van der Waals surface area contributed by atoms with E-state index in [1.165, 1.54) is 25.7 Å². The Balaban J connectivity index is 1.65. The molecule has 2 atom stereocenters. The summed E-state index contributed by atoms with van der Waals surface area (Å²) in [7, 11) is 0. The van der Waals surface area contributed by atoms with Gasteiger partial charge in [0, 0.05) is 19.1 Å². The molecule has 3 nitrogen and oxygen atoms in total. The summed E-state index contributed by atoms with van der Waals surface area (Å²) in [6, 6.07) is 0.578. The van der Waals surface area contributed by atoms with Crippen LogP contribution < -0.4 is 10.6 Å². The third-order valence-electron chi connectivity index (χ3n) is 4.73. The number of nitrogens with one attached hydrogen (secondary N) is 2. The zero-order valence-electron chi connectivity index (χ0n) is 11.9. The van der Waals surface area contributed by atoms with Crippen LogP contribution in [0.2, 0.25) is 0 Å². The lowest BCUT2D eigenvalue weighted by Gasteiger charge is -2.29. The first-order valence-corrected chi connectivity index (χ1v) is 7.66. The van der Waals surface area contributed by atoms with E-state index in [-0.39, 0.29) is 11.8 Å². The second-order valence-electron chi connectivity index (χ2n) is 6.45. The molecule has 1 heterocycles. The maximum absolute atomic E-state index is 12.1. The van der Waals surface area contributed by atoms with Crippen LogP contribution in [0.25, 0.3) is 0 Å². The summed E-state index contributed by atoms with van der Waals surface area (Å²) in [4.78, 5) is 12.1. The number of carbonyl (C=O) groups is 1. The standard InChI is InChI=1S/C15H28N2O/c1-11-3-6-13(7-4-11)9-17-15(18)14-8-5-12(2)16-10-14/h11-14,16H,3-10H2,1-2H3,(H,17,18). The van der Waals surface area contributed by atoms with Crippen LogP contribution in [0.3, 0.4) is 0 Å². The molecule has 2 unspecified atom stereocenters. The molecule has 0 radical (unpaired) electrons. The van der Waals surface area contributed by atoms with Crippen LogP contribution in [-0.4, -0.2) is 25.0 Å². The molecule has 2 aliphatic rings.